The second-order valence-electron chi connectivity index (χ2n) is 5.04. The smallest absolute Gasteiger partial charge is 0.191 e. The highest BCUT2D eigenvalue weighted by atomic mass is 127. The topological polar surface area (TPSA) is 41.4 Å². The molecule has 0 aliphatic heterocycles. The monoisotopic (exact) mass is 476 g/mol. The van der Waals surface area contributed by atoms with Crippen molar-refractivity contribution in [1.29, 1.82) is 0 Å². The van der Waals surface area contributed by atoms with E-state index in [9.17, 15) is 0 Å². The molecule has 120 valence electrons. The molecule has 0 saturated heterocycles. The molecule has 22 heavy (non-hydrogen) atoms. The Kier molecular flexibility index (Phi) is 7.95. The Labute approximate surface area is 157 Å². The van der Waals surface area contributed by atoms with Gasteiger partial charge >= 0.3 is 0 Å². The molecule has 1 aromatic heterocycles. The lowest BCUT2D eigenvalue weighted by atomic mass is 10.1. The van der Waals surface area contributed by atoms with Crippen LogP contribution in [0.5, 0.6) is 0 Å². The quantitative estimate of drug-likeness (QED) is 0.402. The number of hydrogen-bond acceptors (Lipinski definition) is 1. The first-order valence-electron chi connectivity index (χ1n) is 6.89. The molecule has 0 unspecified atom stereocenters. The molecule has 1 heterocycles. The second-order valence-corrected chi connectivity index (χ2v) is 5.95. The minimum Gasteiger partial charge on any atom is -0.357 e. The average Bonchev–Trinajstić information content (AvgIpc) is 2.86. The SMILES string of the molecule is CN=C(NCc1ccn(C)c1)NCc1ccc(Br)cc1C.I. The van der Waals surface area contributed by atoms with Gasteiger partial charge in [0.15, 0.2) is 5.96 Å². The van der Waals surface area contributed by atoms with Gasteiger partial charge in [-0.3, -0.25) is 4.99 Å². The first kappa shape index (κ1) is 19.0. The standard InChI is InChI=1S/C16H21BrN4.HI/c1-12-8-15(17)5-4-14(12)10-20-16(18-2)19-9-13-6-7-21(3)11-13;/h4-8,11H,9-10H2,1-3H3,(H2,18,19,20);1H. The van der Waals surface area contributed by atoms with Gasteiger partial charge in [0.25, 0.3) is 0 Å². The van der Waals surface area contributed by atoms with Crippen LogP contribution in [0.2, 0.25) is 0 Å². The number of halogens is 2. The molecule has 6 heteroatoms. The zero-order chi connectivity index (χ0) is 15.2. The van der Waals surface area contributed by atoms with E-state index in [2.05, 4.69) is 68.9 Å². The van der Waals surface area contributed by atoms with Gasteiger partial charge in [0, 0.05) is 44.1 Å². The number of aryl methyl sites for hydroxylation is 2. The summed E-state index contributed by atoms with van der Waals surface area (Å²) in [6.07, 6.45) is 4.14. The van der Waals surface area contributed by atoms with E-state index in [0.29, 0.717) is 0 Å². The Bertz CT molecular complexity index is 637. The van der Waals surface area contributed by atoms with Crippen molar-refractivity contribution in [3.05, 3.63) is 57.8 Å². The predicted molar refractivity (Wildman–Crippen MR) is 107 cm³/mol. The summed E-state index contributed by atoms with van der Waals surface area (Å²) in [4.78, 5) is 4.25. The Morgan fingerprint density at radius 1 is 1.23 bits per heavy atom. The molecule has 2 aromatic rings. The highest BCUT2D eigenvalue weighted by Crippen LogP contribution is 2.15. The van der Waals surface area contributed by atoms with Gasteiger partial charge in [0.05, 0.1) is 0 Å². The number of hydrogen-bond donors (Lipinski definition) is 2. The van der Waals surface area contributed by atoms with E-state index in [-0.39, 0.29) is 24.0 Å². The van der Waals surface area contributed by atoms with Crippen LogP contribution < -0.4 is 10.6 Å². The lowest BCUT2D eigenvalue weighted by molar-refractivity contribution is 0.803. The Hall–Kier alpha value is -1.02. The van der Waals surface area contributed by atoms with Gasteiger partial charge < -0.3 is 15.2 Å². The molecular formula is C16H22BrIN4. The summed E-state index contributed by atoms with van der Waals surface area (Å²) in [7, 11) is 3.81. The summed E-state index contributed by atoms with van der Waals surface area (Å²) >= 11 is 3.48. The molecule has 2 rings (SSSR count). The third-order valence-corrected chi connectivity index (χ3v) is 3.82. The summed E-state index contributed by atoms with van der Waals surface area (Å²) in [6, 6.07) is 8.40. The Balaban J connectivity index is 0.00000242. The van der Waals surface area contributed by atoms with Crippen molar-refractivity contribution in [3.63, 3.8) is 0 Å². The maximum Gasteiger partial charge on any atom is 0.191 e. The van der Waals surface area contributed by atoms with Crippen LogP contribution in [0.3, 0.4) is 0 Å². The first-order valence-corrected chi connectivity index (χ1v) is 7.68. The Morgan fingerprint density at radius 3 is 2.55 bits per heavy atom. The van der Waals surface area contributed by atoms with Crippen molar-refractivity contribution in [2.24, 2.45) is 12.0 Å². The summed E-state index contributed by atoms with van der Waals surface area (Å²) < 4.78 is 3.15. The van der Waals surface area contributed by atoms with Gasteiger partial charge in [-0.2, -0.15) is 0 Å². The molecule has 0 aliphatic rings. The van der Waals surface area contributed by atoms with Gasteiger partial charge in [-0.15, -0.1) is 24.0 Å². The number of aliphatic imine (C=N–C) groups is 1. The molecule has 0 saturated carbocycles. The molecule has 0 radical (unpaired) electrons. The van der Waals surface area contributed by atoms with Crippen LogP contribution in [0.25, 0.3) is 0 Å². The van der Waals surface area contributed by atoms with Crippen LogP contribution in [-0.2, 0) is 20.1 Å². The minimum absolute atomic E-state index is 0. The van der Waals surface area contributed by atoms with Crippen LogP contribution in [-0.4, -0.2) is 17.6 Å². The van der Waals surface area contributed by atoms with Crippen LogP contribution >= 0.6 is 39.9 Å². The molecule has 0 bridgehead atoms. The second kappa shape index (κ2) is 9.19. The molecular weight excluding hydrogens is 455 g/mol. The van der Waals surface area contributed by atoms with Crippen LogP contribution in [0.4, 0.5) is 0 Å². The summed E-state index contributed by atoms with van der Waals surface area (Å²) in [5.74, 6) is 0.807. The van der Waals surface area contributed by atoms with Gasteiger partial charge in [-0.25, -0.2) is 0 Å². The van der Waals surface area contributed by atoms with Crippen LogP contribution in [0.1, 0.15) is 16.7 Å². The number of nitrogens with zero attached hydrogens (tertiary/aromatic N) is 2. The molecule has 0 amide bonds. The summed E-state index contributed by atoms with van der Waals surface area (Å²) in [5, 5.41) is 6.66. The molecule has 4 nitrogen and oxygen atoms in total. The number of benzene rings is 1. The highest BCUT2D eigenvalue weighted by Gasteiger charge is 2.02. The Morgan fingerprint density at radius 2 is 1.95 bits per heavy atom. The number of rotatable bonds is 4. The largest absolute Gasteiger partial charge is 0.357 e. The van der Waals surface area contributed by atoms with E-state index in [1.54, 1.807) is 7.05 Å². The third-order valence-electron chi connectivity index (χ3n) is 3.33. The van der Waals surface area contributed by atoms with Gasteiger partial charge in [0.2, 0.25) is 0 Å². The molecule has 2 N–H and O–H groups in total. The molecule has 0 atom stereocenters. The van der Waals surface area contributed by atoms with Gasteiger partial charge in [-0.05, 0) is 41.8 Å². The van der Waals surface area contributed by atoms with Gasteiger partial charge in [0.1, 0.15) is 0 Å². The zero-order valence-electron chi connectivity index (χ0n) is 13.1. The maximum atomic E-state index is 4.25. The number of aromatic nitrogens is 1. The molecule has 1 aromatic carbocycles. The zero-order valence-corrected chi connectivity index (χ0v) is 17.0. The van der Waals surface area contributed by atoms with E-state index >= 15 is 0 Å². The fourth-order valence-corrected chi connectivity index (χ4v) is 2.58. The van der Waals surface area contributed by atoms with E-state index in [4.69, 9.17) is 0 Å². The fraction of sp³-hybridized carbons (Fsp3) is 0.312. The van der Waals surface area contributed by atoms with Crippen molar-refractivity contribution in [3.8, 4) is 0 Å². The number of guanidine groups is 1. The highest BCUT2D eigenvalue weighted by molar-refractivity contribution is 14.0. The first-order chi connectivity index (χ1) is 10.1. The average molecular weight is 477 g/mol. The summed E-state index contributed by atoms with van der Waals surface area (Å²) in [6.45, 7) is 3.63. The van der Waals surface area contributed by atoms with Crippen molar-refractivity contribution in [2.75, 3.05) is 7.05 Å². The van der Waals surface area contributed by atoms with E-state index in [1.807, 2.05) is 17.8 Å². The van der Waals surface area contributed by atoms with Crippen LogP contribution in [0, 0.1) is 6.92 Å². The number of nitrogens with one attached hydrogen (secondary N) is 2. The van der Waals surface area contributed by atoms with Crippen molar-refractivity contribution >= 4 is 45.9 Å². The molecule has 0 spiro atoms. The molecule has 0 fully saturated rings. The molecule has 0 aliphatic carbocycles. The predicted octanol–water partition coefficient (Wildman–Crippen LogP) is 3.58. The van der Waals surface area contributed by atoms with Crippen molar-refractivity contribution in [2.45, 2.75) is 20.0 Å². The van der Waals surface area contributed by atoms with E-state index in [0.717, 1.165) is 23.5 Å². The summed E-state index contributed by atoms with van der Waals surface area (Å²) in [5.41, 5.74) is 3.76. The van der Waals surface area contributed by atoms with Crippen molar-refractivity contribution < 1.29 is 0 Å². The van der Waals surface area contributed by atoms with Crippen LogP contribution in [0.15, 0.2) is 46.1 Å². The van der Waals surface area contributed by atoms with Gasteiger partial charge in [-0.1, -0.05) is 22.0 Å². The normalized spacial score (nSPS) is 11.0. The maximum absolute atomic E-state index is 4.25. The lowest BCUT2D eigenvalue weighted by Gasteiger charge is -2.13. The fourth-order valence-electron chi connectivity index (χ4n) is 2.11. The van der Waals surface area contributed by atoms with E-state index in [1.165, 1.54) is 16.7 Å². The lowest BCUT2D eigenvalue weighted by Crippen LogP contribution is -2.36. The third kappa shape index (κ3) is 5.64. The minimum atomic E-state index is 0. The van der Waals surface area contributed by atoms with E-state index < -0.39 is 0 Å². The van der Waals surface area contributed by atoms with Crippen molar-refractivity contribution in [1.82, 2.24) is 15.2 Å².